The first-order valence-corrected chi connectivity index (χ1v) is 10.1. The van der Waals surface area contributed by atoms with Crippen LogP contribution in [0, 0.1) is 0 Å². The molecule has 1 aliphatic heterocycles. The number of carbonyl (C=O) groups excluding carboxylic acids is 1. The highest BCUT2D eigenvalue weighted by Gasteiger charge is 2.21. The maximum absolute atomic E-state index is 12.5. The standard InChI is InChI=1S/C24H26N4O2/c1-30-21-9-5-6-18(14-21)15-27-24(29)20-10-11-23(26-16-20)28-13-12-25-22(17-28)19-7-3-2-4-8-19/h2-11,14,16,22,25H,12-13,15,17H2,1H3,(H,27,29)/t22-/m0/s1. The van der Waals surface area contributed by atoms with E-state index in [2.05, 4.69) is 44.8 Å². The molecule has 1 aromatic heterocycles. The molecule has 0 aliphatic carbocycles. The number of nitrogens with one attached hydrogen (secondary N) is 2. The van der Waals surface area contributed by atoms with Crippen LogP contribution < -0.4 is 20.3 Å². The van der Waals surface area contributed by atoms with Crippen LogP contribution in [0.2, 0.25) is 0 Å². The van der Waals surface area contributed by atoms with Gasteiger partial charge in [-0.2, -0.15) is 0 Å². The van der Waals surface area contributed by atoms with Gasteiger partial charge in [0.05, 0.1) is 12.7 Å². The quantitative estimate of drug-likeness (QED) is 0.663. The molecule has 0 bridgehead atoms. The molecule has 3 aromatic rings. The van der Waals surface area contributed by atoms with E-state index in [4.69, 9.17) is 4.74 Å². The number of piperazine rings is 1. The molecule has 30 heavy (non-hydrogen) atoms. The van der Waals surface area contributed by atoms with Crippen LogP contribution in [0.15, 0.2) is 72.9 Å². The first kappa shape index (κ1) is 19.9. The van der Waals surface area contributed by atoms with Crippen LogP contribution in [-0.4, -0.2) is 37.6 Å². The molecular formula is C24H26N4O2. The third-order valence-corrected chi connectivity index (χ3v) is 5.30. The van der Waals surface area contributed by atoms with E-state index in [1.165, 1.54) is 5.56 Å². The minimum absolute atomic E-state index is 0.139. The Labute approximate surface area is 176 Å². The number of hydrogen-bond donors (Lipinski definition) is 2. The Morgan fingerprint density at radius 3 is 2.80 bits per heavy atom. The molecule has 6 nitrogen and oxygen atoms in total. The lowest BCUT2D eigenvalue weighted by Gasteiger charge is -2.34. The zero-order chi connectivity index (χ0) is 20.8. The van der Waals surface area contributed by atoms with Gasteiger partial charge in [-0.25, -0.2) is 4.98 Å². The summed E-state index contributed by atoms with van der Waals surface area (Å²) in [5.41, 5.74) is 2.81. The summed E-state index contributed by atoms with van der Waals surface area (Å²) in [6.07, 6.45) is 1.65. The van der Waals surface area contributed by atoms with Crippen molar-refractivity contribution in [3.63, 3.8) is 0 Å². The van der Waals surface area contributed by atoms with Crippen LogP contribution >= 0.6 is 0 Å². The van der Waals surface area contributed by atoms with E-state index >= 15 is 0 Å². The number of pyridine rings is 1. The monoisotopic (exact) mass is 402 g/mol. The molecule has 1 amide bonds. The summed E-state index contributed by atoms with van der Waals surface area (Å²) in [6, 6.07) is 22.1. The van der Waals surface area contributed by atoms with E-state index in [9.17, 15) is 4.79 Å². The number of ether oxygens (including phenoxy) is 1. The fourth-order valence-electron chi connectivity index (χ4n) is 3.64. The van der Waals surface area contributed by atoms with Crippen LogP contribution in [0.25, 0.3) is 0 Å². The maximum Gasteiger partial charge on any atom is 0.253 e. The summed E-state index contributed by atoms with van der Waals surface area (Å²) in [5.74, 6) is 1.53. The molecule has 2 N–H and O–H groups in total. The van der Waals surface area contributed by atoms with Crippen molar-refractivity contribution in [3.8, 4) is 5.75 Å². The topological polar surface area (TPSA) is 66.5 Å². The van der Waals surface area contributed by atoms with Crippen LogP contribution in [0.4, 0.5) is 5.82 Å². The molecule has 0 saturated carbocycles. The first-order chi connectivity index (χ1) is 14.7. The van der Waals surface area contributed by atoms with Gasteiger partial charge in [0.25, 0.3) is 5.91 Å². The predicted octanol–water partition coefficient (Wildman–Crippen LogP) is 3.17. The number of nitrogens with zero attached hydrogens (tertiary/aromatic N) is 2. The van der Waals surface area contributed by atoms with Crippen LogP contribution in [-0.2, 0) is 6.54 Å². The molecule has 0 spiro atoms. The Morgan fingerprint density at radius 1 is 1.17 bits per heavy atom. The summed E-state index contributed by atoms with van der Waals surface area (Å²) >= 11 is 0. The second-order valence-corrected chi connectivity index (χ2v) is 7.30. The Balaban J connectivity index is 1.36. The smallest absolute Gasteiger partial charge is 0.253 e. The van der Waals surface area contributed by atoms with Crippen LogP contribution in [0.3, 0.4) is 0 Å². The van der Waals surface area contributed by atoms with Crippen LogP contribution in [0.1, 0.15) is 27.5 Å². The number of amides is 1. The van der Waals surface area contributed by atoms with Gasteiger partial charge in [-0.05, 0) is 35.4 Å². The van der Waals surface area contributed by atoms with Gasteiger partial charge in [-0.1, -0.05) is 42.5 Å². The molecule has 1 fully saturated rings. The lowest BCUT2D eigenvalue weighted by Crippen LogP contribution is -2.46. The van der Waals surface area contributed by atoms with Gasteiger partial charge in [-0.3, -0.25) is 4.79 Å². The predicted molar refractivity (Wildman–Crippen MR) is 118 cm³/mol. The minimum Gasteiger partial charge on any atom is -0.497 e. The zero-order valence-corrected chi connectivity index (χ0v) is 17.0. The maximum atomic E-state index is 12.5. The summed E-state index contributed by atoms with van der Waals surface area (Å²) in [6.45, 7) is 3.06. The Hall–Kier alpha value is -3.38. The fraction of sp³-hybridized carbons (Fsp3) is 0.250. The van der Waals surface area contributed by atoms with Gasteiger partial charge in [0.1, 0.15) is 11.6 Å². The lowest BCUT2D eigenvalue weighted by molar-refractivity contribution is 0.0950. The van der Waals surface area contributed by atoms with Gasteiger partial charge in [0.15, 0.2) is 0 Å². The van der Waals surface area contributed by atoms with Gasteiger partial charge in [-0.15, -0.1) is 0 Å². The van der Waals surface area contributed by atoms with Crippen molar-refractivity contribution >= 4 is 11.7 Å². The number of carbonyl (C=O) groups is 1. The second-order valence-electron chi connectivity index (χ2n) is 7.30. The summed E-state index contributed by atoms with van der Waals surface area (Å²) in [7, 11) is 1.63. The van der Waals surface area contributed by atoms with Gasteiger partial charge >= 0.3 is 0 Å². The molecule has 6 heteroatoms. The van der Waals surface area contributed by atoms with Crippen molar-refractivity contribution in [1.82, 2.24) is 15.6 Å². The fourth-order valence-corrected chi connectivity index (χ4v) is 3.64. The van der Waals surface area contributed by atoms with E-state index in [-0.39, 0.29) is 11.9 Å². The number of methoxy groups -OCH3 is 1. The number of anilines is 1. The average molecular weight is 402 g/mol. The van der Waals surface area contributed by atoms with Gasteiger partial charge < -0.3 is 20.3 Å². The van der Waals surface area contributed by atoms with Crippen molar-refractivity contribution in [3.05, 3.63) is 89.6 Å². The number of rotatable bonds is 6. The highest BCUT2D eigenvalue weighted by Crippen LogP contribution is 2.21. The number of aromatic nitrogens is 1. The molecule has 4 rings (SSSR count). The largest absolute Gasteiger partial charge is 0.497 e. The van der Waals surface area contributed by atoms with Crippen molar-refractivity contribution in [2.24, 2.45) is 0 Å². The number of hydrogen-bond acceptors (Lipinski definition) is 5. The summed E-state index contributed by atoms with van der Waals surface area (Å²) in [4.78, 5) is 19.3. The molecule has 1 saturated heterocycles. The van der Waals surface area contributed by atoms with Crippen molar-refractivity contribution in [1.29, 1.82) is 0 Å². The highest BCUT2D eigenvalue weighted by molar-refractivity contribution is 5.94. The highest BCUT2D eigenvalue weighted by atomic mass is 16.5. The minimum atomic E-state index is -0.139. The molecule has 2 aromatic carbocycles. The molecule has 0 unspecified atom stereocenters. The lowest BCUT2D eigenvalue weighted by atomic mass is 10.0. The van der Waals surface area contributed by atoms with Crippen molar-refractivity contribution in [2.45, 2.75) is 12.6 Å². The summed E-state index contributed by atoms with van der Waals surface area (Å²) in [5, 5.41) is 6.50. The van der Waals surface area contributed by atoms with Crippen molar-refractivity contribution < 1.29 is 9.53 Å². The van der Waals surface area contributed by atoms with E-state index in [0.717, 1.165) is 36.8 Å². The molecule has 1 aliphatic rings. The SMILES string of the molecule is COc1cccc(CNC(=O)c2ccc(N3CCN[C@H](c4ccccc4)C3)nc2)c1. The Bertz CT molecular complexity index is 976. The van der Waals surface area contributed by atoms with E-state index in [0.29, 0.717) is 12.1 Å². The Kier molecular flexibility index (Phi) is 6.25. The van der Waals surface area contributed by atoms with Gasteiger partial charge in [0.2, 0.25) is 0 Å². The molecule has 0 radical (unpaired) electrons. The summed E-state index contributed by atoms with van der Waals surface area (Å²) < 4.78 is 5.22. The second kappa shape index (κ2) is 9.41. The third kappa shape index (κ3) is 4.78. The van der Waals surface area contributed by atoms with Gasteiger partial charge in [0, 0.05) is 38.4 Å². The van der Waals surface area contributed by atoms with E-state index in [1.54, 1.807) is 13.3 Å². The third-order valence-electron chi connectivity index (χ3n) is 5.30. The van der Waals surface area contributed by atoms with E-state index < -0.39 is 0 Å². The average Bonchev–Trinajstić information content (AvgIpc) is 2.83. The normalized spacial score (nSPS) is 16.2. The molecule has 1 atom stereocenters. The van der Waals surface area contributed by atoms with E-state index in [1.807, 2.05) is 42.5 Å². The molecule has 154 valence electrons. The van der Waals surface area contributed by atoms with Crippen molar-refractivity contribution in [2.75, 3.05) is 31.6 Å². The molecular weight excluding hydrogens is 376 g/mol. The Morgan fingerprint density at radius 2 is 2.03 bits per heavy atom. The molecule has 2 heterocycles. The number of benzene rings is 2. The zero-order valence-electron chi connectivity index (χ0n) is 17.0. The van der Waals surface area contributed by atoms with Crippen LogP contribution in [0.5, 0.6) is 5.75 Å². The first-order valence-electron chi connectivity index (χ1n) is 10.1.